The number of hydrogen-bond donors (Lipinski definition) is 3. The number of ether oxygens (including phenoxy) is 1. The normalized spacial score (nSPS) is 12.5. The number of benzene rings is 3. The molecule has 2 amide bonds. The summed E-state index contributed by atoms with van der Waals surface area (Å²) in [7, 11) is 0. The van der Waals surface area contributed by atoms with Crippen LogP contribution in [0.3, 0.4) is 0 Å². The fourth-order valence-electron chi connectivity index (χ4n) is 4.00. The highest BCUT2D eigenvalue weighted by Gasteiger charge is 2.28. The zero-order valence-electron chi connectivity index (χ0n) is 18.9. The number of hydrogen-bond acceptors (Lipinski definition) is 4. The van der Waals surface area contributed by atoms with Crippen LogP contribution < -0.4 is 10.6 Å². The van der Waals surface area contributed by atoms with Crippen molar-refractivity contribution in [1.82, 2.24) is 5.32 Å². The molecule has 3 aromatic rings. The first-order valence-corrected chi connectivity index (χ1v) is 11.7. The highest BCUT2D eigenvalue weighted by molar-refractivity contribution is 9.10. The Kier molecular flexibility index (Phi) is 7.31. The molecule has 0 saturated heterocycles. The molecule has 4 rings (SSSR count). The van der Waals surface area contributed by atoms with E-state index in [-0.39, 0.29) is 24.6 Å². The first-order valence-electron chi connectivity index (χ1n) is 10.9. The second-order valence-electron chi connectivity index (χ2n) is 8.05. The van der Waals surface area contributed by atoms with Crippen LogP contribution >= 0.6 is 15.9 Å². The number of aromatic carboxylic acids is 1. The summed E-state index contributed by atoms with van der Waals surface area (Å²) in [5.74, 6) is -1.54. The first kappa shape index (κ1) is 24.2. The lowest BCUT2D eigenvalue weighted by atomic mass is 9.98. The van der Waals surface area contributed by atoms with E-state index in [1.165, 1.54) is 12.1 Å². The number of halogens is 1. The molecule has 0 aliphatic heterocycles. The van der Waals surface area contributed by atoms with E-state index >= 15 is 0 Å². The molecule has 1 aliphatic carbocycles. The van der Waals surface area contributed by atoms with Crippen molar-refractivity contribution in [1.29, 1.82) is 0 Å². The lowest BCUT2D eigenvalue weighted by Crippen LogP contribution is -2.26. The molecule has 3 aromatic carbocycles. The molecule has 0 spiro atoms. The van der Waals surface area contributed by atoms with Crippen molar-refractivity contribution in [3.63, 3.8) is 0 Å². The Hall–Kier alpha value is -3.91. The summed E-state index contributed by atoms with van der Waals surface area (Å²) < 4.78 is 6.04. The van der Waals surface area contributed by atoms with Gasteiger partial charge in [0.2, 0.25) is 0 Å². The minimum atomic E-state index is -1.09. The molecular formula is C27H23BrN2O5. The fourth-order valence-corrected chi connectivity index (χ4v) is 4.35. The highest BCUT2D eigenvalue weighted by Crippen LogP contribution is 2.44. The van der Waals surface area contributed by atoms with Crippen molar-refractivity contribution in [2.45, 2.75) is 12.8 Å². The molecule has 0 bridgehead atoms. The Morgan fingerprint density at radius 2 is 1.63 bits per heavy atom. The smallest absolute Gasteiger partial charge is 0.407 e. The number of anilines is 1. The highest BCUT2D eigenvalue weighted by atomic mass is 79.9. The molecule has 0 fully saturated rings. The fraction of sp³-hybridized carbons (Fsp3) is 0.148. The maximum atomic E-state index is 12.5. The van der Waals surface area contributed by atoms with E-state index in [9.17, 15) is 14.4 Å². The Bertz CT molecular complexity index is 1290. The van der Waals surface area contributed by atoms with Crippen molar-refractivity contribution >= 4 is 39.6 Å². The monoisotopic (exact) mass is 534 g/mol. The third kappa shape index (κ3) is 5.44. The van der Waals surface area contributed by atoms with Gasteiger partial charge in [-0.1, -0.05) is 54.6 Å². The van der Waals surface area contributed by atoms with Crippen LogP contribution in [-0.4, -0.2) is 36.2 Å². The molecule has 0 radical (unpaired) electrons. The summed E-state index contributed by atoms with van der Waals surface area (Å²) in [6.45, 7) is 1.91. The first-order chi connectivity index (χ1) is 16.8. The number of rotatable bonds is 7. The topological polar surface area (TPSA) is 105 Å². The predicted octanol–water partition coefficient (Wildman–Crippen LogP) is 5.57. The van der Waals surface area contributed by atoms with Crippen molar-refractivity contribution in [2.24, 2.45) is 0 Å². The van der Waals surface area contributed by atoms with Gasteiger partial charge < -0.3 is 20.5 Å². The molecule has 0 saturated carbocycles. The molecule has 1 aliphatic rings. The lowest BCUT2D eigenvalue weighted by Gasteiger charge is -2.14. The van der Waals surface area contributed by atoms with E-state index < -0.39 is 18.0 Å². The van der Waals surface area contributed by atoms with Crippen LogP contribution in [0.25, 0.3) is 11.1 Å². The Labute approximate surface area is 210 Å². The molecule has 0 atom stereocenters. The van der Waals surface area contributed by atoms with Gasteiger partial charge in [0.25, 0.3) is 5.91 Å². The van der Waals surface area contributed by atoms with Gasteiger partial charge in [-0.3, -0.25) is 4.79 Å². The number of carboxylic acids is 1. The number of carboxylic acid groups (broad SMARTS) is 1. The van der Waals surface area contributed by atoms with Crippen LogP contribution in [0.4, 0.5) is 10.5 Å². The van der Waals surface area contributed by atoms with Crippen LogP contribution in [-0.2, 0) is 9.53 Å². The van der Waals surface area contributed by atoms with Gasteiger partial charge >= 0.3 is 12.1 Å². The zero-order chi connectivity index (χ0) is 24.9. The molecule has 0 heterocycles. The Morgan fingerprint density at radius 1 is 1.00 bits per heavy atom. The molecule has 0 aromatic heterocycles. The van der Waals surface area contributed by atoms with Crippen LogP contribution in [0, 0.1) is 0 Å². The molecule has 3 N–H and O–H groups in total. The third-order valence-corrected chi connectivity index (χ3v) is 6.51. The summed E-state index contributed by atoms with van der Waals surface area (Å²) in [6, 6.07) is 20.6. The van der Waals surface area contributed by atoms with Crippen molar-refractivity contribution in [3.05, 3.63) is 99.5 Å². The summed E-state index contributed by atoms with van der Waals surface area (Å²) in [5.41, 5.74) is 5.33. The number of carbonyl (C=O) groups is 3. The second-order valence-corrected chi connectivity index (χ2v) is 8.90. The van der Waals surface area contributed by atoms with Crippen molar-refractivity contribution in [3.8, 4) is 11.1 Å². The van der Waals surface area contributed by atoms with Gasteiger partial charge in [-0.2, -0.15) is 0 Å². The molecule has 7 nitrogen and oxygen atoms in total. The SMILES string of the molecule is C/C(=C\CNC(=O)OCC1c2ccccc2-c2ccccc21)C(=O)Nc1cc(C(=O)O)ccc1Br. The number of amides is 2. The van der Waals surface area contributed by atoms with E-state index in [1.54, 1.807) is 19.1 Å². The summed E-state index contributed by atoms with van der Waals surface area (Å²) in [4.78, 5) is 35.9. The van der Waals surface area contributed by atoms with Gasteiger partial charge in [0, 0.05) is 22.5 Å². The van der Waals surface area contributed by atoms with Gasteiger partial charge in [0.05, 0.1) is 11.3 Å². The van der Waals surface area contributed by atoms with E-state index in [4.69, 9.17) is 9.84 Å². The molecule has 8 heteroatoms. The number of fused-ring (bicyclic) bond motifs is 3. The van der Waals surface area contributed by atoms with E-state index in [0.717, 1.165) is 22.3 Å². The van der Waals surface area contributed by atoms with Gasteiger partial charge in [0.15, 0.2) is 0 Å². The standard InChI is InChI=1S/C27H23BrN2O5/c1-16(25(31)30-24-14-17(26(32)33)10-11-23(24)28)12-13-29-27(34)35-15-22-20-8-4-2-6-18(20)19-7-3-5-9-21(19)22/h2-12,14,22H,13,15H2,1H3,(H,29,34)(H,30,31)(H,32,33)/b16-12+. The minimum Gasteiger partial charge on any atom is -0.478 e. The van der Waals surface area contributed by atoms with Gasteiger partial charge in [-0.05, 0) is 63.3 Å². The average molecular weight is 535 g/mol. The Balaban J connectivity index is 1.31. The maximum Gasteiger partial charge on any atom is 0.407 e. The Morgan fingerprint density at radius 3 is 2.26 bits per heavy atom. The number of nitrogens with one attached hydrogen (secondary N) is 2. The summed E-state index contributed by atoms with van der Waals surface area (Å²) in [5, 5.41) is 14.4. The van der Waals surface area contributed by atoms with E-state index in [1.807, 2.05) is 24.3 Å². The van der Waals surface area contributed by atoms with Crippen LogP contribution in [0.5, 0.6) is 0 Å². The minimum absolute atomic E-state index is 0.0313. The zero-order valence-corrected chi connectivity index (χ0v) is 20.5. The lowest BCUT2D eigenvalue weighted by molar-refractivity contribution is -0.112. The summed E-state index contributed by atoms with van der Waals surface area (Å²) >= 11 is 3.29. The maximum absolute atomic E-state index is 12.5. The van der Waals surface area contributed by atoms with Crippen LogP contribution in [0.1, 0.15) is 34.3 Å². The largest absolute Gasteiger partial charge is 0.478 e. The number of carbonyl (C=O) groups excluding carboxylic acids is 2. The van der Waals surface area contributed by atoms with Crippen molar-refractivity contribution < 1.29 is 24.2 Å². The van der Waals surface area contributed by atoms with Crippen LogP contribution in [0.15, 0.2) is 82.9 Å². The van der Waals surface area contributed by atoms with Gasteiger partial charge in [-0.25, -0.2) is 9.59 Å². The molecule has 35 heavy (non-hydrogen) atoms. The van der Waals surface area contributed by atoms with E-state index in [0.29, 0.717) is 15.7 Å². The third-order valence-electron chi connectivity index (χ3n) is 5.82. The van der Waals surface area contributed by atoms with Gasteiger partial charge in [-0.15, -0.1) is 0 Å². The molecule has 0 unspecified atom stereocenters. The van der Waals surface area contributed by atoms with E-state index in [2.05, 4.69) is 50.8 Å². The average Bonchev–Trinajstić information content (AvgIpc) is 3.17. The number of alkyl carbamates (subject to hydrolysis) is 1. The van der Waals surface area contributed by atoms with Crippen LogP contribution in [0.2, 0.25) is 0 Å². The second kappa shape index (κ2) is 10.6. The molecule has 178 valence electrons. The quantitative estimate of drug-likeness (QED) is 0.343. The molecular weight excluding hydrogens is 512 g/mol. The summed E-state index contributed by atoms with van der Waals surface area (Å²) in [6.07, 6.45) is 0.986. The van der Waals surface area contributed by atoms with Crippen molar-refractivity contribution in [2.75, 3.05) is 18.5 Å². The predicted molar refractivity (Wildman–Crippen MR) is 137 cm³/mol. The van der Waals surface area contributed by atoms with Gasteiger partial charge in [0.1, 0.15) is 6.61 Å².